The summed E-state index contributed by atoms with van der Waals surface area (Å²) in [4.78, 5) is 12.9. The van der Waals surface area contributed by atoms with Gasteiger partial charge in [-0.3, -0.25) is 4.90 Å². The first-order valence-electron chi connectivity index (χ1n) is 5.29. The van der Waals surface area contributed by atoms with Crippen molar-refractivity contribution in [2.75, 3.05) is 38.2 Å². The summed E-state index contributed by atoms with van der Waals surface area (Å²) in [6.07, 6.45) is 3.83. The lowest BCUT2D eigenvalue weighted by Gasteiger charge is -2.30. The summed E-state index contributed by atoms with van der Waals surface area (Å²) in [6.45, 7) is 2.94. The Bertz CT molecular complexity index is 201. The number of carboxylic acid groups (broad SMARTS) is 1. The Labute approximate surface area is 95.0 Å². The lowest BCUT2D eigenvalue weighted by molar-refractivity contribution is -0.156. The van der Waals surface area contributed by atoms with Crippen molar-refractivity contribution in [3.05, 3.63) is 0 Å². The van der Waals surface area contributed by atoms with Crippen molar-refractivity contribution in [3.63, 3.8) is 0 Å². The number of carbonyl (C=O) groups is 1. The quantitative estimate of drug-likeness (QED) is 0.691. The minimum absolute atomic E-state index is 0.536. The van der Waals surface area contributed by atoms with Crippen LogP contribution in [0.3, 0.4) is 0 Å². The Morgan fingerprint density at radius 1 is 1.60 bits per heavy atom. The average Bonchev–Trinajstić information content (AvgIpc) is 2.25. The Hall–Kier alpha value is -0.260. The third-order valence-corrected chi connectivity index (χ3v) is 3.20. The highest BCUT2D eigenvalue weighted by Gasteiger charge is 2.25. The zero-order chi connectivity index (χ0) is 11.1. The number of ether oxygens (including phenoxy) is 1. The molecule has 1 atom stereocenters. The Kier molecular flexibility index (Phi) is 6.05. The number of hydrogen-bond acceptors (Lipinski definition) is 4. The molecule has 1 aliphatic heterocycles. The van der Waals surface area contributed by atoms with E-state index in [2.05, 4.69) is 11.2 Å². The van der Waals surface area contributed by atoms with Crippen LogP contribution in [-0.4, -0.2) is 60.3 Å². The van der Waals surface area contributed by atoms with Gasteiger partial charge in [-0.05, 0) is 31.4 Å². The van der Waals surface area contributed by atoms with E-state index in [1.807, 2.05) is 11.8 Å². The van der Waals surface area contributed by atoms with Gasteiger partial charge in [-0.1, -0.05) is 0 Å². The van der Waals surface area contributed by atoms with Crippen molar-refractivity contribution in [2.24, 2.45) is 0 Å². The third kappa shape index (κ3) is 4.86. The van der Waals surface area contributed by atoms with Crippen molar-refractivity contribution in [3.8, 4) is 0 Å². The van der Waals surface area contributed by atoms with Gasteiger partial charge >= 0.3 is 5.97 Å². The Morgan fingerprint density at radius 2 is 2.40 bits per heavy atom. The molecule has 15 heavy (non-hydrogen) atoms. The first-order chi connectivity index (χ1) is 7.24. The highest BCUT2D eigenvalue weighted by atomic mass is 32.2. The van der Waals surface area contributed by atoms with Crippen LogP contribution < -0.4 is 0 Å². The molecule has 1 fully saturated rings. The molecule has 1 unspecified atom stereocenters. The van der Waals surface area contributed by atoms with Crippen molar-refractivity contribution in [2.45, 2.75) is 18.9 Å². The van der Waals surface area contributed by atoms with E-state index in [9.17, 15) is 4.79 Å². The third-order valence-electron chi connectivity index (χ3n) is 2.50. The largest absolute Gasteiger partial charge is 0.479 e. The van der Waals surface area contributed by atoms with Crippen molar-refractivity contribution < 1.29 is 14.6 Å². The number of rotatable bonds is 6. The van der Waals surface area contributed by atoms with Crippen molar-refractivity contribution in [1.29, 1.82) is 0 Å². The number of morpholine rings is 1. The van der Waals surface area contributed by atoms with E-state index in [-0.39, 0.29) is 0 Å². The van der Waals surface area contributed by atoms with Gasteiger partial charge in [-0.15, -0.1) is 0 Å². The number of hydrogen-bond donors (Lipinski definition) is 1. The molecule has 1 aliphatic rings. The van der Waals surface area contributed by atoms with Crippen LogP contribution in [-0.2, 0) is 9.53 Å². The van der Waals surface area contributed by atoms with Gasteiger partial charge in [0.05, 0.1) is 6.61 Å². The molecule has 0 aromatic heterocycles. The highest BCUT2D eigenvalue weighted by molar-refractivity contribution is 7.98. The van der Waals surface area contributed by atoms with Gasteiger partial charge in [0.25, 0.3) is 0 Å². The maximum absolute atomic E-state index is 10.7. The maximum Gasteiger partial charge on any atom is 0.334 e. The van der Waals surface area contributed by atoms with Gasteiger partial charge in [-0.25, -0.2) is 4.79 Å². The standard InChI is InChI=1S/C10H19NO3S/c1-15-7-3-2-4-11-5-6-14-9(8-11)10(12)13/h9H,2-8H2,1H3,(H,12,13). The molecule has 0 bridgehead atoms. The topological polar surface area (TPSA) is 49.8 Å². The highest BCUT2D eigenvalue weighted by Crippen LogP contribution is 2.07. The molecule has 0 radical (unpaired) electrons. The summed E-state index contributed by atoms with van der Waals surface area (Å²) in [5, 5.41) is 8.81. The minimum atomic E-state index is -0.844. The fourth-order valence-electron chi connectivity index (χ4n) is 1.64. The molecule has 0 amide bonds. The summed E-state index contributed by atoms with van der Waals surface area (Å²) in [6, 6.07) is 0. The van der Waals surface area contributed by atoms with Crippen LogP contribution in [0.5, 0.6) is 0 Å². The maximum atomic E-state index is 10.7. The smallest absolute Gasteiger partial charge is 0.334 e. The average molecular weight is 233 g/mol. The number of aliphatic carboxylic acids is 1. The molecule has 0 aromatic carbocycles. The summed E-state index contributed by atoms with van der Waals surface area (Å²) in [5.74, 6) is 0.344. The fourth-order valence-corrected chi connectivity index (χ4v) is 2.13. The fraction of sp³-hybridized carbons (Fsp3) is 0.900. The van der Waals surface area contributed by atoms with Crippen molar-refractivity contribution in [1.82, 2.24) is 4.90 Å². The molecule has 0 saturated carbocycles. The Balaban J connectivity index is 2.15. The lowest BCUT2D eigenvalue weighted by atomic mass is 10.2. The number of unbranched alkanes of at least 4 members (excludes halogenated alkanes) is 1. The van der Waals surface area contributed by atoms with Crippen LogP contribution >= 0.6 is 11.8 Å². The van der Waals surface area contributed by atoms with Crippen molar-refractivity contribution >= 4 is 17.7 Å². The predicted octanol–water partition coefficient (Wildman–Crippen LogP) is 0.915. The molecular formula is C10H19NO3S. The van der Waals surface area contributed by atoms with Gasteiger partial charge in [0, 0.05) is 13.1 Å². The second-order valence-corrected chi connectivity index (χ2v) is 4.68. The van der Waals surface area contributed by atoms with E-state index < -0.39 is 12.1 Å². The second kappa shape index (κ2) is 7.09. The molecule has 1 N–H and O–H groups in total. The molecule has 0 aliphatic carbocycles. The first-order valence-corrected chi connectivity index (χ1v) is 6.69. The van der Waals surface area contributed by atoms with Crippen LogP contribution in [0.2, 0.25) is 0 Å². The zero-order valence-corrected chi connectivity index (χ0v) is 9.96. The van der Waals surface area contributed by atoms with Crippen LogP contribution in [0.25, 0.3) is 0 Å². The second-order valence-electron chi connectivity index (χ2n) is 3.70. The van der Waals surface area contributed by atoms with Gasteiger partial charge in [0.15, 0.2) is 6.10 Å². The predicted molar refractivity (Wildman–Crippen MR) is 61.4 cm³/mol. The van der Waals surface area contributed by atoms with E-state index in [1.54, 1.807) is 0 Å². The molecule has 1 rings (SSSR count). The molecule has 1 saturated heterocycles. The van der Waals surface area contributed by atoms with Gasteiger partial charge < -0.3 is 9.84 Å². The molecule has 0 aromatic rings. The van der Waals surface area contributed by atoms with Crippen LogP contribution in [0, 0.1) is 0 Å². The van der Waals surface area contributed by atoms with E-state index in [1.165, 1.54) is 12.2 Å². The number of thioether (sulfide) groups is 1. The van der Waals surface area contributed by atoms with E-state index in [0.717, 1.165) is 19.5 Å². The molecular weight excluding hydrogens is 214 g/mol. The summed E-state index contributed by atoms with van der Waals surface area (Å²) < 4.78 is 5.15. The van der Waals surface area contributed by atoms with Crippen LogP contribution in [0.15, 0.2) is 0 Å². The van der Waals surface area contributed by atoms with Crippen LogP contribution in [0.4, 0.5) is 0 Å². The summed E-state index contributed by atoms with van der Waals surface area (Å²) in [5.41, 5.74) is 0. The molecule has 5 heteroatoms. The number of nitrogens with zero attached hydrogens (tertiary/aromatic N) is 1. The lowest BCUT2D eigenvalue weighted by Crippen LogP contribution is -2.46. The molecule has 0 spiro atoms. The normalized spacial score (nSPS) is 22.9. The number of carboxylic acids is 1. The first kappa shape index (κ1) is 12.8. The monoisotopic (exact) mass is 233 g/mol. The Morgan fingerprint density at radius 3 is 3.07 bits per heavy atom. The molecule has 4 nitrogen and oxygen atoms in total. The SMILES string of the molecule is CSCCCCN1CCOC(C(=O)O)C1. The van der Waals surface area contributed by atoms with E-state index in [4.69, 9.17) is 9.84 Å². The molecule has 88 valence electrons. The zero-order valence-electron chi connectivity index (χ0n) is 9.15. The van der Waals surface area contributed by atoms with Gasteiger partial charge in [0.1, 0.15) is 0 Å². The minimum Gasteiger partial charge on any atom is -0.479 e. The van der Waals surface area contributed by atoms with Gasteiger partial charge in [0.2, 0.25) is 0 Å². The van der Waals surface area contributed by atoms with E-state index >= 15 is 0 Å². The molecule has 1 heterocycles. The van der Waals surface area contributed by atoms with Crippen LogP contribution in [0.1, 0.15) is 12.8 Å². The van der Waals surface area contributed by atoms with E-state index in [0.29, 0.717) is 13.2 Å². The summed E-state index contributed by atoms with van der Waals surface area (Å²) >= 11 is 1.86. The van der Waals surface area contributed by atoms with Gasteiger partial charge in [-0.2, -0.15) is 11.8 Å². The summed E-state index contributed by atoms with van der Waals surface area (Å²) in [7, 11) is 0.